The SMILES string of the molecule is CNC(=O)[C@@H]1CN(CC2(O)CCC(c3ccccc3)CC2)CCN(S(C)(=O)=O)C1. The Kier molecular flexibility index (Phi) is 6.98. The molecule has 8 heteroatoms. The number of hydrogen-bond donors (Lipinski definition) is 2. The number of rotatable bonds is 5. The number of amides is 1. The number of β-amino-alcohol motifs (C(OH)–C–C–N with tert-alkyl or cyclic N) is 1. The molecule has 0 bridgehead atoms. The van der Waals surface area contributed by atoms with Gasteiger partial charge >= 0.3 is 0 Å². The van der Waals surface area contributed by atoms with E-state index < -0.39 is 21.5 Å². The zero-order valence-electron chi connectivity index (χ0n) is 17.4. The first-order chi connectivity index (χ1) is 13.7. The Labute approximate surface area is 174 Å². The number of nitrogens with zero attached hydrogens (tertiary/aromatic N) is 2. The highest BCUT2D eigenvalue weighted by atomic mass is 32.2. The van der Waals surface area contributed by atoms with Crippen molar-refractivity contribution in [2.75, 3.05) is 46.0 Å². The summed E-state index contributed by atoms with van der Waals surface area (Å²) >= 11 is 0. The number of sulfonamides is 1. The van der Waals surface area contributed by atoms with Crippen molar-refractivity contribution in [1.29, 1.82) is 0 Å². The van der Waals surface area contributed by atoms with E-state index in [4.69, 9.17) is 0 Å². The molecule has 0 radical (unpaired) electrons. The van der Waals surface area contributed by atoms with Crippen molar-refractivity contribution in [2.45, 2.75) is 37.2 Å². The summed E-state index contributed by atoms with van der Waals surface area (Å²) in [7, 11) is -1.80. The molecule has 0 aromatic heterocycles. The van der Waals surface area contributed by atoms with E-state index in [0.29, 0.717) is 44.9 Å². The quantitative estimate of drug-likeness (QED) is 0.738. The van der Waals surface area contributed by atoms with Gasteiger partial charge in [0.15, 0.2) is 0 Å². The molecule has 1 heterocycles. The molecular weight excluding hydrogens is 390 g/mol. The predicted octanol–water partition coefficient (Wildman–Crippen LogP) is 1.01. The molecule has 2 fully saturated rings. The van der Waals surface area contributed by atoms with Gasteiger partial charge in [-0.25, -0.2) is 12.7 Å². The van der Waals surface area contributed by atoms with Crippen molar-refractivity contribution < 1.29 is 18.3 Å². The van der Waals surface area contributed by atoms with Crippen LogP contribution in [0.25, 0.3) is 0 Å². The van der Waals surface area contributed by atoms with Crippen LogP contribution in [0.3, 0.4) is 0 Å². The largest absolute Gasteiger partial charge is 0.389 e. The van der Waals surface area contributed by atoms with Gasteiger partial charge in [-0.05, 0) is 37.2 Å². The van der Waals surface area contributed by atoms with E-state index in [0.717, 1.165) is 12.8 Å². The van der Waals surface area contributed by atoms with Crippen LogP contribution in [0.1, 0.15) is 37.2 Å². The molecule has 1 atom stereocenters. The Morgan fingerprint density at radius 3 is 2.41 bits per heavy atom. The Bertz CT molecular complexity index is 791. The van der Waals surface area contributed by atoms with E-state index in [1.807, 2.05) is 6.07 Å². The van der Waals surface area contributed by atoms with Gasteiger partial charge in [-0.3, -0.25) is 9.69 Å². The first kappa shape index (κ1) is 22.2. The second-order valence-electron chi connectivity index (χ2n) is 8.58. The Hall–Kier alpha value is -1.48. The summed E-state index contributed by atoms with van der Waals surface area (Å²) < 4.78 is 25.5. The molecule has 1 aromatic carbocycles. The number of nitrogens with one attached hydrogen (secondary N) is 1. The van der Waals surface area contributed by atoms with Gasteiger partial charge in [-0.15, -0.1) is 0 Å². The van der Waals surface area contributed by atoms with Crippen LogP contribution in [-0.2, 0) is 14.8 Å². The third kappa shape index (κ3) is 5.78. The van der Waals surface area contributed by atoms with Crippen molar-refractivity contribution in [3.8, 4) is 0 Å². The molecule has 2 aliphatic rings. The van der Waals surface area contributed by atoms with Crippen LogP contribution in [-0.4, -0.2) is 80.3 Å². The highest BCUT2D eigenvalue weighted by Crippen LogP contribution is 2.38. The first-order valence-electron chi connectivity index (χ1n) is 10.4. The van der Waals surface area contributed by atoms with Gasteiger partial charge in [0, 0.05) is 39.8 Å². The van der Waals surface area contributed by atoms with Gasteiger partial charge in [0.2, 0.25) is 15.9 Å². The molecule has 0 spiro atoms. The molecule has 3 rings (SSSR count). The van der Waals surface area contributed by atoms with E-state index in [9.17, 15) is 18.3 Å². The van der Waals surface area contributed by atoms with Crippen molar-refractivity contribution in [3.05, 3.63) is 35.9 Å². The lowest BCUT2D eigenvalue weighted by Gasteiger charge is -2.39. The van der Waals surface area contributed by atoms with Crippen LogP contribution in [0, 0.1) is 5.92 Å². The summed E-state index contributed by atoms with van der Waals surface area (Å²) in [4.78, 5) is 14.4. The molecule has 162 valence electrons. The summed E-state index contributed by atoms with van der Waals surface area (Å²) in [6.45, 7) is 1.97. The molecule has 1 aliphatic carbocycles. The average Bonchev–Trinajstić information content (AvgIpc) is 2.91. The molecule has 1 amide bonds. The molecule has 0 unspecified atom stereocenters. The fourth-order valence-electron chi connectivity index (χ4n) is 4.65. The molecular formula is C21H33N3O4S. The number of benzene rings is 1. The number of carbonyl (C=O) groups excluding carboxylic acids is 1. The van der Waals surface area contributed by atoms with Crippen LogP contribution in [0.15, 0.2) is 30.3 Å². The molecule has 1 saturated carbocycles. The van der Waals surface area contributed by atoms with E-state index in [-0.39, 0.29) is 12.5 Å². The second kappa shape index (κ2) is 9.12. The van der Waals surface area contributed by atoms with Gasteiger partial charge in [0.05, 0.1) is 17.8 Å². The molecule has 7 nitrogen and oxygen atoms in total. The van der Waals surface area contributed by atoms with Gasteiger partial charge in [0.25, 0.3) is 0 Å². The van der Waals surface area contributed by atoms with Crippen molar-refractivity contribution in [3.63, 3.8) is 0 Å². The van der Waals surface area contributed by atoms with Gasteiger partial charge in [-0.2, -0.15) is 0 Å². The highest BCUT2D eigenvalue weighted by molar-refractivity contribution is 7.88. The summed E-state index contributed by atoms with van der Waals surface area (Å²) in [5.74, 6) is -0.133. The summed E-state index contributed by atoms with van der Waals surface area (Å²) in [5, 5.41) is 13.9. The lowest BCUT2D eigenvalue weighted by atomic mass is 9.76. The summed E-state index contributed by atoms with van der Waals surface area (Å²) in [5.41, 5.74) is 0.534. The van der Waals surface area contributed by atoms with Crippen molar-refractivity contribution in [2.24, 2.45) is 5.92 Å². The topological polar surface area (TPSA) is 90.0 Å². The minimum absolute atomic E-state index is 0.162. The number of aliphatic hydroxyl groups is 1. The van der Waals surface area contributed by atoms with Crippen LogP contribution >= 0.6 is 0 Å². The first-order valence-corrected chi connectivity index (χ1v) is 12.2. The van der Waals surface area contributed by atoms with Crippen LogP contribution in [0.2, 0.25) is 0 Å². The predicted molar refractivity (Wildman–Crippen MR) is 113 cm³/mol. The highest BCUT2D eigenvalue weighted by Gasteiger charge is 2.38. The molecule has 29 heavy (non-hydrogen) atoms. The summed E-state index contributed by atoms with van der Waals surface area (Å²) in [6, 6.07) is 10.4. The number of carbonyl (C=O) groups is 1. The minimum Gasteiger partial charge on any atom is -0.389 e. The zero-order chi connectivity index (χ0) is 21.1. The molecule has 1 saturated heterocycles. The smallest absolute Gasteiger partial charge is 0.225 e. The fraction of sp³-hybridized carbons (Fsp3) is 0.667. The lowest BCUT2D eigenvalue weighted by molar-refractivity contribution is -0.125. The Balaban J connectivity index is 1.64. The third-order valence-corrected chi connectivity index (χ3v) is 7.63. The fourth-order valence-corrected chi connectivity index (χ4v) is 5.52. The van der Waals surface area contributed by atoms with E-state index in [1.165, 1.54) is 16.1 Å². The standard InChI is InChI=1S/C21H33N3O4S/c1-22-20(25)19-14-23(12-13-24(15-19)29(2,27)28)16-21(26)10-8-18(9-11-21)17-6-4-3-5-7-17/h3-7,18-19,26H,8-16H2,1-2H3,(H,22,25)/t18?,19-,21?/m1/s1. The normalized spacial score (nSPS) is 29.9. The maximum atomic E-state index is 12.3. The Morgan fingerprint density at radius 1 is 1.17 bits per heavy atom. The monoisotopic (exact) mass is 423 g/mol. The molecule has 2 N–H and O–H groups in total. The maximum Gasteiger partial charge on any atom is 0.225 e. The van der Waals surface area contributed by atoms with Crippen molar-refractivity contribution in [1.82, 2.24) is 14.5 Å². The van der Waals surface area contributed by atoms with Gasteiger partial charge in [-0.1, -0.05) is 30.3 Å². The van der Waals surface area contributed by atoms with E-state index in [2.05, 4.69) is 34.5 Å². The second-order valence-corrected chi connectivity index (χ2v) is 10.6. The molecule has 1 aliphatic heterocycles. The van der Waals surface area contributed by atoms with Crippen LogP contribution in [0.5, 0.6) is 0 Å². The lowest BCUT2D eigenvalue weighted by Crippen LogP contribution is -2.48. The summed E-state index contributed by atoms with van der Waals surface area (Å²) in [6.07, 6.45) is 4.47. The Morgan fingerprint density at radius 2 is 1.83 bits per heavy atom. The number of hydrogen-bond acceptors (Lipinski definition) is 5. The van der Waals surface area contributed by atoms with Crippen LogP contribution < -0.4 is 5.32 Å². The van der Waals surface area contributed by atoms with Gasteiger partial charge in [0.1, 0.15) is 0 Å². The minimum atomic E-state index is -3.37. The average molecular weight is 424 g/mol. The van der Waals surface area contributed by atoms with E-state index in [1.54, 1.807) is 7.05 Å². The maximum absolute atomic E-state index is 12.3. The van der Waals surface area contributed by atoms with Gasteiger partial charge < -0.3 is 10.4 Å². The third-order valence-electron chi connectivity index (χ3n) is 6.36. The molecule has 1 aromatic rings. The van der Waals surface area contributed by atoms with E-state index >= 15 is 0 Å². The van der Waals surface area contributed by atoms with Crippen molar-refractivity contribution >= 4 is 15.9 Å². The van der Waals surface area contributed by atoms with Crippen LogP contribution in [0.4, 0.5) is 0 Å². The zero-order valence-corrected chi connectivity index (χ0v) is 18.2.